The Bertz CT molecular complexity index is 705. The Morgan fingerprint density at radius 1 is 1.41 bits per heavy atom. The molecule has 0 radical (unpaired) electrons. The van der Waals surface area contributed by atoms with Crippen LogP contribution in [0.4, 0.5) is 0 Å². The Morgan fingerprint density at radius 2 is 2.32 bits per heavy atom. The quantitative estimate of drug-likeness (QED) is 0.919. The molecule has 0 aliphatic carbocycles. The molecule has 7 heteroatoms. The van der Waals surface area contributed by atoms with E-state index in [9.17, 15) is 9.90 Å². The highest BCUT2D eigenvalue weighted by atomic mass is 16.5. The largest absolute Gasteiger partial charge is 0.480 e. The van der Waals surface area contributed by atoms with E-state index in [-0.39, 0.29) is 0 Å². The highest BCUT2D eigenvalue weighted by Gasteiger charge is 2.36. The van der Waals surface area contributed by atoms with E-state index in [2.05, 4.69) is 5.16 Å². The van der Waals surface area contributed by atoms with Crippen LogP contribution >= 0.6 is 0 Å². The third kappa shape index (κ3) is 2.13. The van der Waals surface area contributed by atoms with Crippen LogP contribution in [0.1, 0.15) is 34.4 Å². The lowest BCUT2D eigenvalue weighted by Gasteiger charge is -2.31. The molecule has 0 aromatic carbocycles. The zero-order chi connectivity index (χ0) is 15.1. The second-order valence-electron chi connectivity index (χ2n) is 5.59. The van der Waals surface area contributed by atoms with Gasteiger partial charge in [-0.15, -0.1) is 0 Å². The summed E-state index contributed by atoms with van der Waals surface area (Å²) in [5.74, 6) is 0.735. The standard InChI is InChI=1S/C15H16N2O5/c18-15(19)14-9-2-6-21-12(9)1-4-17(14)7-11-10-8-20-5-3-13(10)22-16-11/h2,6,14H,1,3-5,7-8H2,(H,18,19). The lowest BCUT2D eigenvalue weighted by molar-refractivity contribution is -0.144. The minimum absolute atomic E-state index is 0.434. The summed E-state index contributed by atoms with van der Waals surface area (Å²) in [6.07, 6.45) is 2.97. The number of ether oxygens (including phenoxy) is 1. The van der Waals surface area contributed by atoms with Gasteiger partial charge in [0.1, 0.15) is 23.3 Å². The number of hydrogen-bond acceptors (Lipinski definition) is 6. The van der Waals surface area contributed by atoms with Gasteiger partial charge in [-0.1, -0.05) is 5.16 Å². The summed E-state index contributed by atoms with van der Waals surface area (Å²) in [5, 5.41) is 13.7. The van der Waals surface area contributed by atoms with E-state index in [1.54, 1.807) is 12.3 Å². The lowest BCUT2D eigenvalue weighted by atomic mass is 9.98. The minimum Gasteiger partial charge on any atom is -0.480 e. The first-order chi connectivity index (χ1) is 10.7. The Kier molecular flexibility index (Phi) is 3.24. The molecule has 116 valence electrons. The van der Waals surface area contributed by atoms with Crippen LogP contribution in [0.15, 0.2) is 21.3 Å². The molecule has 2 aromatic heterocycles. The van der Waals surface area contributed by atoms with E-state index < -0.39 is 12.0 Å². The van der Waals surface area contributed by atoms with Gasteiger partial charge in [0, 0.05) is 37.1 Å². The molecule has 1 atom stereocenters. The van der Waals surface area contributed by atoms with Crippen molar-refractivity contribution in [3.8, 4) is 0 Å². The van der Waals surface area contributed by atoms with Gasteiger partial charge >= 0.3 is 5.97 Å². The van der Waals surface area contributed by atoms with E-state index >= 15 is 0 Å². The van der Waals surface area contributed by atoms with Crippen molar-refractivity contribution in [2.24, 2.45) is 0 Å². The molecule has 0 spiro atoms. The lowest BCUT2D eigenvalue weighted by Crippen LogP contribution is -2.39. The summed E-state index contributed by atoms with van der Waals surface area (Å²) in [4.78, 5) is 13.6. The summed E-state index contributed by atoms with van der Waals surface area (Å²) >= 11 is 0. The van der Waals surface area contributed by atoms with Crippen molar-refractivity contribution in [3.63, 3.8) is 0 Å². The molecule has 2 aliphatic rings. The molecule has 0 saturated heterocycles. The fraction of sp³-hybridized carbons (Fsp3) is 0.467. The number of carboxylic acid groups (broad SMARTS) is 1. The first-order valence-electron chi connectivity index (χ1n) is 7.31. The number of carbonyl (C=O) groups is 1. The molecule has 7 nitrogen and oxygen atoms in total. The van der Waals surface area contributed by atoms with Gasteiger partial charge in [-0.25, -0.2) is 0 Å². The maximum atomic E-state index is 11.7. The number of hydrogen-bond donors (Lipinski definition) is 1. The van der Waals surface area contributed by atoms with Gasteiger partial charge in [-0.05, 0) is 6.07 Å². The van der Waals surface area contributed by atoms with Crippen LogP contribution in [-0.2, 0) is 35.5 Å². The molecule has 0 amide bonds. The Balaban J connectivity index is 1.62. The van der Waals surface area contributed by atoms with Crippen molar-refractivity contribution in [2.75, 3.05) is 13.2 Å². The van der Waals surface area contributed by atoms with Crippen LogP contribution in [0, 0.1) is 0 Å². The molecule has 1 N–H and O–H groups in total. The molecule has 1 unspecified atom stereocenters. The third-order valence-corrected chi connectivity index (χ3v) is 4.32. The highest BCUT2D eigenvalue weighted by Crippen LogP contribution is 2.33. The van der Waals surface area contributed by atoms with Gasteiger partial charge in [0.05, 0.1) is 19.5 Å². The Hall–Kier alpha value is -2.12. The molecule has 4 heterocycles. The summed E-state index contributed by atoms with van der Waals surface area (Å²) < 4.78 is 16.2. The van der Waals surface area contributed by atoms with Gasteiger partial charge in [-0.3, -0.25) is 9.69 Å². The second-order valence-corrected chi connectivity index (χ2v) is 5.59. The number of aliphatic carboxylic acids is 1. The predicted molar refractivity (Wildman–Crippen MR) is 73.1 cm³/mol. The van der Waals surface area contributed by atoms with E-state index in [1.165, 1.54) is 0 Å². The summed E-state index contributed by atoms with van der Waals surface area (Å²) in [7, 11) is 0. The van der Waals surface area contributed by atoms with Gasteiger partial charge in [0.15, 0.2) is 0 Å². The third-order valence-electron chi connectivity index (χ3n) is 4.32. The molecule has 2 aromatic rings. The van der Waals surface area contributed by atoms with Crippen LogP contribution in [0.5, 0.6) is 0 Å². The summed E-state index contributed by atoms with van der Waals surface area (Å²) in [5.41, 5.74) is 2.47. The first-order valence-corrected chi connectivity index (χ1v) is 7.31. The van der Waals surface area contributed by atoms with E-state index in [1.807, 2.05) is 4.90 Å². The SMILES string of the molecule is O=C(O)C1c2ccoc2CCN1Cc1noc2c1COCC2. The molecular weight excluding hydrogens is 288 g/mol. The summed E-state index contributed by atoms with van der Waals surface area (Å²) in [6, 6.07) is 1.03. The fourth-order valence-corrected chi connectivity index (χ4v) is 3.23. The van der Waals surface area contributed by atoms with Crippen LogP contribution in [-0.4, -0.2) is 34.3 Å². The van der Waals surface area contributed by atoms with Crippen LogP contribution in [0.2, 0.25) is 0 Å². The predicted octanol–water partition coefficient (Wildman–Crippen LogP) is 1.52. The molecule has 0 bridgehead atoms. The van der Waals surface area contributed by atoms with Crippen molar-refractivity contribution < 1.29 is 23.6 Å². The fourth-order valence-electron chi connectivity index (χ4n) is 3.23. The molecule has 0 fully saturated rings. The van der Waals surface area contributed by atoms with Crippen LogP contribution < -0.4 is 0 Å². The van der Waals surface area contributed by atoms with Gasteiger partial charge in [-0.2, -0.15) is 0 Å². The monoisotopic (exact) mass is 304 g/mol. The number of aromatic nitrogens is 1. The van der Waals surface area contributed by atoms with Gasteiger partial charge in [0.2, 0.25) is 0 Å². The van der Waals surface area contributed by atoms with Crippen molar-refractivity contribution in [3.05, 3.63) is 40.7 Å². The number of carboxylic acids is 1. The van der Waals surface area contributed by atoms with Crippen molar-refractivity contribution in [1.82, 2.24) is 10.1 Å². The molecule has 4 rings (SSSR count). The molecular formula is C15H16N2O5. The summed E-state index contributed by atoms with van der Waals surface area (Å²) in [6.45, 7) is 2.17. The minimum atomic E-state index is -0.879. The van der Waals surface area contributed by atoms with E-state index in [0.717, 1.165) is 34.8 Å². The number of rotatable bonds is 3. The molecule has 2 aliphatic heterocycles. The average Bonchev–Trinajstić information content (AvgIpc) is 3.14. The molecule has 0 saturated carbocycles. The number of fused-ring (bicyclic) bond motifs is 2. The first kappa shape index (κ1) is 13.5. The second kappa shape index (κ2) is 5.26. The van der Waals surface area contributed by atoms with Crippen molar-refractivity contribution in [2.45, 2.75) is 32.0 Å². The van der Waals surface area contributed by atoms with Crippen LogP contribution in [0.25, 0.3) is 0 Å². The van der Waals surface area contributed by atoms with Gasteiger partial charge in [0.25, 0.3) is 0 Å². The van der Waals surface area contributed by atoms with Crippen molar-refractivity contribution >= 4 is 5.97 Å². The normalized spacial score (nSPS) is 21.4. The molecule has 22 heavy (non-hydrogen) atoms. The topological polar surface area (TPSA) is 88.9 Å². The highest BCUT2D eigenvalue weighted by molar-refractivity contribution is 5.76. The zero-order valence-corrected chi connectivity index (χ0v) is 11.9. The van der Waals surface area contributed by atoms with E-state index in [0.29, 0.717) is 32.7 Å². The zero-order valence-electron chi connectivity index (χ0n) is 11.9. The van der Waals surface area contributed by atoms with Crippen molar-refractivity contribution in [1.29, 1.82) is 0 Å². The Labute approximate surface area is 126 Å². The maximum Gasteiger partial charge on any atom is 0.325 e. The van der Waals surface area contributed by atoms with Crippen LogP contribution in [0.3, 0.4) is 0 Å². The van der Waals surface area contributed by atoms with Gasteiger partial charge < -0.3 is 18.8 Å². The average molecular weight is 304 g/mol. The Morgan fingerprint density at radius 3 is 3.18 bits per heavy atom. The van der Waals surface area contributed by atoms with E-state index in [4.69, 9.17) is 13.7 Å². The maximum absolute atomic E-state index is 11.7. The smallest absolute Gasteiger partial charge is 0.325 e. The number of nitrogens with zero attached hydrogens (tertiary/aromatic N) is 2. The number of furan rings is 1.